The molecule has 1 unspecified atom stereocenters. The van der Waals surface area contributed by atoms with E-state index in [2.05, 4.69) is 17.2 Å². The van der Waals surface area contributed by atoms with Crippen molar-refractivity contribution < 1.29 is 4.92 Å². The Hall–Kier alpha value is -1.49. The van der Waals surface area contributed by atoms with Gasteiger partial charge in [-0.3, -0.25) is 15.1 Å². The Kier molecular flexibility index (Phi) is 4.37. The fourth-order valence-electron chi connectivity index (χ4n) is 1.61. The second-order valence-corrected chi connectivity index (χ2v) is 3.88. The molecular formula is C11H17N3O2. The number of nitrogens with one attached hydrogen (secondary N) is 1. The van der Waals surface area contributed by atoms with Crippen molar-refractivity contribution in [3.8, 4) is 0 Å². The SMILES string of the molecule is CCNC(C)Cc1ncc([N+](=O)[O-])cc1C. The highest BCUT2D eigenvalue weighted by molar-refractivity contribution is 5.33. The van der Waals surface area contributed by atoms with E-state index >= 15 is 0 Å². The number of nitrogens with zero attached hydrogens (tertiary/aromatic N) is 2. The van der Waals surface area contributed by atoms with E-state index in [1.165, 1.54) is 6.20 Å². The van der Waals surface area contributed by atoms with Crippen LogP contribution in [0.3, 0.4) is 0 Å². The standard InChI is InChI=1S/C11H17N3O2/c1-4-12-9(3)6-11-8(2)5-10(7-13-11)14(15)16/h5,7,9,12H,4,6H2,1-3H3. The van der Waals surface area contributed by atoms with Crippen LogP contribution in [0.1, 0.15) is 25.1 Å². The van der Waals surface area contributed by atoms with Crippen molar-refractivity contribution in [2.24, 2.45) is 0 Å². The highest BCUT2D eigenvalue weighted by Gasteiger charge is 2.11. The van der Waals surface area contributed by atoms with Crippen molar-refractivity contribution in [3.63, 3.8) is 0 Å². The summed E-state index contributed by atoms with van der Waals surface area (Å²) in [5.41, 5.74) is 1.84. The first-order valence-electron chi connectivity index (χ1n) is 5.38. The highest BCUT2D eigenvalue weighted by Crippen LogP contribution is 2.15. The number of rotatable bonds is 5. The lowest BCUT2D eigenvalue weighted by Gasteiger charge is -2.12. The highest BCUT2D eigenvalue weighted by atomic mass is 16.6. The molecule has 1 heterocycles. The summed E-state index contributed by atoms with van der Waals surface area (Å²) >= 11 is 0. The molecule has 1 atom stereocenters. The van der Waals surface area contributed by atoms with Gasteiger partial charge in [0, 0.05) is 24.2 Å². The van der Waals surface area contributed by atoms with Crippen LogP contribution in [-0.2, 0) is 6.42 Å². The summed E-state index contributed by atoms with van der Waals surface area (Å²) in [5, 5.41) is 13.8. The van der Waals surface area contributed by atoms with Crippen molar-refractivity contribution in [2.45, 2.75) is 33.2 Å². The second-order valence-electron chi connectivity index (χ2n) is 3.88. The van der Waals surface area contributed by atoms with Gasteiger partial charge in [0.05, 0.1) is 4.92 Å². The second kappa shape index (κ2) is 5.55. The zero-order valence-electron chi connectivity index (χ0n) is 9.86. The third-order valence-electron chi connectivity index (χ3n) is 2.44. The predicted octanol–water partition coefficient (Wildman–Crippen LogP) is 1.84. The van der Waals surface area contributed by atoms with Gasteiger partial charge in [-0.1, -0.05) is 6.92 Å². The van der Waals surface area contributed by atoms with Gasteiger partial charge in [0.2, 0.25) is 0 Å². The number of aromatic nitrogens is 1. The Morgan fingerprint density at radius 1 is 1.62 bits per heavy atom. The van der Waals surface area contributed by atoms with E-state index in [-0.39, 0.29) is 5.69 Å². The van der Waals surface area contributed by atoms with E-state index in [0.29, 0.717) is 6.04 Å². The van der Waals surface area contributed by atoms with E-state index in [1.54, 1.807) is 6.07 Å². The monoisotopic (exact) mass is 223 g/mol. The molecule has 0 aliphatic carbocycles. The van der Waals surface area contributed by atoms with Crippen LogP contribution in [0.15, 0.2) is 12.3 Å². The molecule has 16 heavy (non-hydrogen) atoms. The van der Waals surface area contributed by atoms with E-state index in [4.69, 9.17) is 0 Å². The normalized spacial score (nSPS) is 12.4. The van der Waals surface area contributed by atoms with Crippen molar-refractivity contribution in [1.82, 2.24) is 10.3 Å². The minimum absolute atomic E-state index is 0.0531. The lowest BCUT2D eigenvalue weighted by Crippen LogP contribution is -2.28. The van der Waals surface area contributed by atoms with Gasteiger partial charge in [0.1, 0.15) is 6.20 Å². The summed E-state index contributed by atoms with van der Waals surface area (Å²) in [5.74, 6) is 0. The molecule has 0 saturated carbocycles. The van der Waals surface area contributed by atoms with E-state index in [9.17, 15) is 10.1 Å². The largest absolute Gasteiger partial charge is 0.314 e. The molecule has 0 fully saturated rings. The molecule has 1 aromatic heterocycles. The number of pyridine rings is 1. The van der Waals surface area contributed by atoms with Gasteiger partial charge in [-0.15, -0.1) is 0 Å². The third kappa shape index (κ3) is 3.27. The van der Waals surface area contributed by atoms with Gasteiger partial charge in [-0.25, -0.2) is 0 Å². The lowest BCUT2D eigenvalue weighted by atomic mass is 10.1. The maximum atomic E-state index is 10.5. The van der Waals surface area contributed by atoms with Crippen LogP contribution in [0.25, 0.3) is 0 Å². The van der Waals surface area contributed by atoms with E-state index < -0.39 is 4.92 Å². The Balaban J connectivity index is 2.79. The Labute approximate surface area is 95.0 Å². The Bertz CT molecular complexity index is 379. The van der Waals surface area contributed by atoms with Crippen molar-refractivity contribution in [2.75, 3.05) is 6.54 Å². The molecular weight excluding hydrogens is 206 g/mol. The minimum Gasteiger partial charge on any atom is -0.314 e. The molecule has 0 aliphatic heterocycles. The molecule has 5 heteroatoms. The molecule has 0 spiro atoms. The summed E-state index contributed by atoms with van der Waals surface area (Å²) in [7, 11) is 0. The summed E-state index contributed by atoms with van der Waals surface area (Å²) in [4.78, 5) is 14.3. The number of likely N-dealkylation sites (N-methyl/N-ethyl adjacent to an activating group) is 1. The van der Waals surface area contributed by atoms with Crippen LogP contribution in [-0.4, -0.2) is 22.5 Å². The number of hydrogen-bond donors (Lipinski definition) is 1. The van der Waals surface area contributed by atoms with Gasteiger partial charge in [-0.2, -0.15) is 0 Å². The van der Waals surface area contributed by atoms with Crippen LogP contribution in [0.5, 0.6) is 0 Å². The molecule has 88 valence electrons. The van der Waals surface area contributed by atoms with Crippen LogP contribution in [0, 0.1) is 17.0 Å². The summed E-state index contributed by atoms with van der Waals surface area (Å²) in [6, 6.07) is 1.90. The molecule has 0 aromatic carbocycles. The Morgan fingerprint density at radius 2 is 2.31 bits per heavy atom. The number of aryl methyl sites for hydroxylation is 1. The lowest BCUT2D eigenvalue weighted by molar-refractivity contribution is -0.385. The Morgan fingerprint density at radius 3 is 2.81 bits per heavy atom. The minimum atomic E-state index is -0.419. The summed E-state index contributed by atoms with van der Waals surface area (Å²) < 4.78 is 0. The predicted molar refractivity (Wildman–Crippen MR) is 62.5 cm³/mol. The molecule has 1 aromatic rings. The zero-order chi connectivity index (χ0) is 12.1. The fraction of sp³-hybridized carbons (Fsp3) is 0.545. The molecule has 1 N–H and O–H groups in total. The first kappa shape index (κ1) is 12.6. The van der Waals surface area contributed by atoms with Gasteiger partial charge in [0.15, 0.2) is 0 Å². The van der Waals surface area contributed by atoms with Crippen LogP contribution in [0.2, 0.25) is 0 Å². The molecule has 5 nitrogen and oxygen atoms in total. The number of hydrogen-bond acceptors (Lipinski definition) is 4. The average Bonchev–Trinajstić information content (AvgIpc) is 2.21. The van der Waals surface area contributed by atoms with Crippen molar-refractivity contribution in [1.29, 1.82) is 0 Å². The topological polar surface area (TPSA) is 68.1 Å². The van der Waals surface area contributed by atoms with Gasteiger partial charge in [0.25, 0.3) is 5.69 Å². The summed E-state index contributed by atoms with van der Waals surface area (Å²) in [6.07, 6.45) is 2.11. The maximum absolute atomic E-state index is 10.5. The van der Waals surface area contributed by atoms with E-state index in [1.807, 2.05) is 13.8 Å². The summed E-state index contributed by atoms with van der Waals surface area (Å²) in [6.45, 7) is 6.89. The van der Waals surface area contributed by atoms with Crippen molar-refractivity contribution in [3.05, 3.63) is 33.6 Å². The maximum Gasteiger partial charge on any atom is 0.287 e. The first-order chi connectivity index (χ1) is 7.54. The zero-order valence-corrected chi connectivity index (χ0v) is 9.86. The van der Waals surface area contributed by atoms with Crippen LogP contribution < -0.4 is 5.32 Å². The molecule has 0 amide bonds. The molecule has 1 rings (SSSR count). The quantitative estimate of drug-likeness (QED) is 0.611. The van der Waals surface area contributed by atoms with Crippen LogP contribution >= 0.6 is 0 Å². The van der Waals surface area contributed by atoms with Crippen LogP contribution in [0.4, 0.5) is 5.69 Å². The molecule has 0 radical (unpaired) electrons. The van der Waals surface area contributed by atoms with E-state index in [0.717, 1.165) is 24.2 Å². The van der Waals surface area contributed by atoms with Gasteiger partial charge < -0.3 is 5.32 Å². The fourth-order valence-corrected chi connectivity index (χ4v) is 1.61. The average molecular weight is 223 g/mol. The smallest absolute Gasteiger partial charge is 0.287 e. The number of nitro groups is 1. The van der Waals surface area contributed by atoms with Gasteiger partial charge >= 0.3 is 0 Å². The third-order valence-corrected chi connectivity index (χ3v) is 2.44. The first-order valence-corrected chi connectivity index (χ1v) is 5.38. The van der Waals surface area contributed by atoms with Crippen molar-refractivity contribution >= 4 is 5.69 Å². The molecule has 0 saturated heterocycles. The molecule has 0 bridgehead atoms. The molecule has 0 aliphatic rings. The van der Waals surface area contributed by atoms with Gasteiger partial charge in [-0.05, 0) is 26.0 Å².